The summed E-state index contributed by atoms with van der Waals surface area (Å²) in [5.41, 5.74) is 2.49. The lowest BCUT2D eigenvalue weighted by atomic mass is 10.2. The van der Waals surface area contributed by atoms with Gasteiger partial charge in [0.25, 0.3) is 0 Å². The number of rotatable bonds is 9. The summed E-state index contributed by atoms with van der Waals surface area (Å²) in [6.07, 6.45) is -5.44. The van der Waals surface area contributed by atoms with Gasteiger partial charge in [0.05, 0.1) is 35.9 Å². The van der Waals surface area contributed by atoms with Gasteiger partial charge in [-0.25, -0.2) is 9.82 Å². The van der Waals surface area contributed by atoms with Crippen LogP contribution in [0.5, 0.6) is 5.75 Å². The van der Waals surface area contributed by atoms with Crippen molar-refractivity contribution < 1.29 is 35.5 Å². The molecule has 0 aliphatic rings. The van der Waals surface area contributed by atoms with E-state index in [2.05, 4.69) is 50.8 Å². The fourth-order valence-electron chi connectivity index (χ4n) is 3.11. The summed E-state index contributed by atoms with van der Waals surface area (Å²) in [6, 6.07) is 7.09. The Morgan fingerprint density at radius 1 is 0.878 bits per heavy atom. The minimum absolute atomic E-state index is 0.0330. The van der Waals surface area contributed by atoms with Gasteiger partial charge < -0.3 is 15.4 Å². The lowest BCUT2D eigenvalue weighted by molar-refractivity contribution is -0.274. The molecule has 0 fully saturated rings. The van der Waals surface area contributed by atoms with E-state index in [-0.39, 0.29) is 30.1 Å². The van der Waals surface area contributed by atoms with E-state index in [0.717, 1.165) is 18.2 Å². The second-order valence-corrected chi connectivity index (χ2v) is 8.11. The number of aromatic nitrogens is 5. The van der Waals surface area contributed by atoms with Crippen LogP contribution in [0.4, 0.5) is 54.3 Å². The van der Waals surface area contributed by atoms with Crippen molar-refractivity contribution in [1.29, 1.82) is 0 Å². The standard InChI is InChI=1S/C24H18F7N9O/c1-13-9-33-16(11-32-13)12-34-20-37-21(36-15-4-7-19(25)18(8-15)23(26,27)28)39-22(38-20)40-35-10-14-2-5-17(6-3-14)41-24(29,30)31/h2-11H,12H2,1H3,(H3,34,36,37,38,39,40)/b35-10+. The van der Waals surface area contributed by atoms with Gasteiger partial charge >= 0.3 is 12.5 Å². The van der Waals surface area contributed by atoms with Crippen molar-refractivity contribution in [3.63, 3.8) is 0 Å². The first-order chi connectivity index (χ1) is 19.3. The van der Waals surface area contributed by atoms with Crippen molar-refractivity contribution in [2.24, 2.45) is 5.10 Å². The lowest BCUT2D eigenvalue weighted by Gasteiger charge is -2.12. The number of hydrogen-bond donors (Lipinski definition) is 3. The molecule has 3 N–H and O–H groups in total. The highest BCUT2D eigenvalue weighted by Gasteiger charge is 2.34. The van der Waals surface area contributed by atoms with Crippen LogP contribution < -0.4 is 20.8 Å². The van der Waals surface area contributed by atoms with Gasteiger partial charge in [0.2, 0.25) is 17.8 Å². The van der Waals surface area contributed by atoms with Crippen LogP contribution in [0.2, 0.25) is 0 Å². The van der Waals surface area contributed by atoms with Crippen LogP contribution in [0.15, 0.2) is 60.0 Å². The molecule has 10 nitrogen and oxygen atoms in total. The summed E-state index contributed by atoms with van der Waals surface area (Å²) >= 11 is 0. The van der Waals surface area contributed by atoms with Crippen LogP contribution in [0.3, 0.4) is 0 Å². The second kappa shape index (κ2) is 12.0. The Hall–Kier alpha value is -5.09. The number of alkyl halides is 6. The summed E-state index contributed by atoms with van der Waals surface area (Å²) in [5, 5.41) is 9.38. The monoisotopic (exact) mass is 581 g/mol. The van der Waals surface area contributed by atoms with E-state index in [4.69, 9.17) is 0 Å². The number of anilines is 4. The molecular weight excluding hydrogens is 563 g/mol. The maximum atomic E-state index is 13.7. The van der Waals surface area contributed by atoms with E-state index in [9.17, 15) is 30.7 Å². The van der Waals surface area contributed by atoms with Gasteiger partial charge in [-0.1, -0.05) is 0 Å². The number of hydrogen-bond acceptors (Lipinski definition) is 10. The van der Waals surface area contributed by atoms with Gasteiger partial charge in [0.15, 0.2) is 0 Å². The molecule has 2 aromatic heterocycles. The van der Waals surface area contributed by atoms with Crippen molar-refractivity contribution in [3.8, 4) is 5.75 Å². The van der Waals surface area contributed by atoms with Crippen LogP contribution in [0.1, 0.15) is 22.5 Å². The van der Waals surface area contributed by atoms with E-state index in [1.807, 2.05) is 0 Å². The van der Waals surface area contributed by atoms with E-state index < -0.39 is 29.7 Å². The fourth-order valence-corrected chi connectivity index (χ4v) is 3.11. The Labute approximate surface area is 226 Å². The third kappa shape index (κ3) is 8.70. The van der Waals surface area contributed by atoms with E-state index >= 15 is 0 Å². The molecule has 0 atom stereocenters. The van der Waals surface area contributed by atoms with E-state index in [1.165, 1.54) is 24.5 Å². The zero-order valence-electron chi connectivity index (χ0n) is 20.7. The van der Waals surface area contributed by atoms with Gasteiger partial charge in [-0.15, -0.1) is 13.2 Å². The molecule has 2 heterocycles. The molecule has 2 aromatic carbocycles. The Morgan fingerprint density at radius 2 is 1.59 bits per heavy atom. The van der Waals surface area contributed by atoms with Crippen LogP contribution in [-0.4, -0.2) is 37.5 Å². The Balaban J connectivity index is 1.54. The SMILES string of the molecule is Cc1cnc(CNc2nc(N/N=C/c3ccc(OC(F)(F)F)cc3)nc(Nc3ccc(F)c(C(F)(F)F)c3)n2)cn1. The Morgan fingerprint density at radius 3 is 2.24 bits per heavy atom. The Bertz CT molecular complexity index is 1510. The largest absolute Gasteiger partial charge is 0.573 e. The average molecular weight is 581 g/mol. The maximum Gasteiger partial charge on any atom is 0.573 e. The number of nitrogens with one attached hydrogen (secondary N) is 3. The summed E-state index contributed by atoms with van der Waals surface area (Å²) in [6.45, 7) is 1.89. The van der Waals surface area contributed by atoms with E-state index in [0.29, 0.717) is 29.1 Å². The normalized spacial score (nSPS) is 11.9. The number of hydrazone groups is 1. The minimum atomic E-state index is -4.93. The molecule has 0 spiro atoms. The van der Waals surface area contributed by atoms with Crippen molar-refractivity contribution in [2.45, 2.75) is 26.0 Å². The van der Waals surface area contributed by atoms with Gasteiger partial charge in [0.1, 0.15) is 11.6 Å². The van der Waals surface area contributed by atoms with Gasteiger partial charge in [0, 0.05) is 11.9 Å². The molecule has 0 amide bonds. The second-order valence-electron chi connectivity index (χ2n) is 8.11. The summed E-state index contributed by atoms with van der Waals surface area (Å²) < 4.78 is 93.9. The highest BCUT2D eigenvalue weighted by Crippen LogP contribution is 2.33. The van der Waals surface area contributed by atoms with Crippen LogP contribution in [0, 0.1) is 12.7 Å². The molecule has 214 valence electrons. The summed E-state index contributed by atoms with van der Waals surface area (Å²) in [5.74, 6) is -2.28. The summed E-state index contributed by atoms with van der Waals surface area (Å²) in [7, 11) is 0. The third-order valence-corrected chi connectivity index (χ3v) is 4.92. The quantitative estimate of drug-likeness (QED) is 0.127. The number of ether oxygens (including phenoxy) is 1. The van der Waals surface area contributed by atoms with Crippen molar-refractivity contribution in [1.82, 2.24) is 24.9 Å². The zero-order valence-corrected chi connectivity index (χ0v) is 20.7. The number of halogens is 7. The molecule has 0 saturated heterocycles. The molecule has 0 aliphatic carbocycles. The highest BCUT2D eigenvalue weighted by molar-refractivity contribution is 5.80. The Kier molecular flexibility index (Phi) is 8.44. The number of aryl methyl sites for hydroxylation is 1. The predicted molar refractivity (Wildman–Crippen MR) is 133 cm³/mol. The molecule has 4 rings (SSSR count). The first kappa shape index (κ1) is 28.9. The molecule has 17 heteroatoms. The van der Waals surface area contributed by atoms with Crippen LogP contribution in [-0.2, 0) is 12.7 Å². The molecule has 0 bridgehead atoms. The highest BCUT2D eigenvalue weighted by atomic mass is 19.4. The molecule has 0 aliphatic heterocycles. The van der Waals surface area contributed by atoms with Gasteiger partial charge in [-0.3, -0.25) is 9.97 Å². The molecular formula is C24H18F7N9O. The maximum absolute atomic E-state index is 13.7. The third-order valence-electron chi connectivity index (χ3n) is 4.92. The van der Waals surface area contributed by atoms with Crippen LogP contribution in [0.25, 0.3) is 0 Å². The molecule has 0 saturated carbocycles. The average Bonchev–Trinajstić information content (AvgIpc) is 2.89. The minimum Gasteiger partial charge on any atom is -0.406 e. The van der Waals surface area contributed by atoms with Gasteiger partial charge in [-0.2, -0.15) is 33.2 Å². The van der Waals surface area contributed by atoms with E-state index in [1.54, 1.807) is 13.1 Å². The first-order valence-corrected chi connectivity index (χ1v) is 11.4. The lowest BCUT2D eigenvalue weighted by Crippen LogP contribution is -2.17. The smallest absolute Gasteiger partial charge is 0.406 e. The first-order valence-electron chi connectivity index (χ1n) is 11.4. The number of nitrogens with zero attached hydrogens (tertiary/aromatic N) is 6. The van der Waals surface area contributed by atoms with Gasteiger partial charge in [-0.05, 0) is 55.0 Å². The molecule has 0 unspecified atom stereocenters. The van der Waals surface area contributed by atoms with Crippen molar-refractivity contribution in [3.05, 3.63) is 83.2 Å². The predicted octanol–water partition coefficient (Wildman–Crippen LogP) is 5.83. The molecule has 0 radical (unpaired) electrons. The van der Waals surface area contributed by atoms with Crippen molar-refractivity contribution >= 4 is 29.7 Å². The fraction of sp³-hybridized carbons (Fsp3) is 0.167. The number of benzene rings is 2. The summed E-state index contributed by atoms with van der Waals surface area (Å²) in [4.78, 5) is 20.6. The zero-order chi connectivity index (χ0) is 29.6. The molecule has 41 heavy (non-hydrogen) atoms. The van der Waals surface area contributed by atoms with Crippen molar-refractivity contribution in [2.75, 3.05) is 16.1 Å². The topological polar surface area (TPSA) is 122 Å². The van der Waals surface area contributed by atoms with Crippen LogP contribution >= 0.6 is 0 Å². The molecule has 4 aromatic rings.